The number of ether oxygens (including phenoxy) is 1. The zero-order chi connectivity index (χ0) is 26.1. The first-order chi connectivity index (χ1) is 16.5. The van der Waals surface area contributed by atoms with E-state index in [4.69, 9.17) is 22.1 Å². The molecule has 0 fully saturated rings. The number of halogens is 1. The number of benzene rings is 2. The van der Waals surface area contributed by atoms with Crippen molar-refractivity contribution in [1.82, 2.24) is 10.6 Å². The average molecular weight is 506 g/mol. The molecule has 2 amide bonds. The number of aliphatic carboxylic acids is 1. The standard InChI is InChI=1S/C25H32ClN3O6/c1-14(2)21(24(32)29-22(15(3)30)25(33)34)28-23(31)19-12-17(26)9-10-20(19)35-13-18(27)11-16-7-5-4-6-8-16/h4-10,12,14-15,18,21-22,30H,11,13,27H2,1-3H3,(H,28,31)(H,29,32)(H,33,34)/t15-,18-,21+,22+/m1/s1. The number of nitrogens with two attached hydrogens (primary N) is 1. The lowest BCUT2D eigenvalue weighted by Crippen LogP contribution is -2.56. The fourth-order valence-electron chi connectivity index (χ4n) is 3.36. The maximum absolute atomic E-state index is 13.1. The van der Waals surface area contributed by atoms with E-state index >= 15 is 0 Å². The zero-order valence-electron chi connectivity index (χ0n) is 19.9. The monoisotopic (exact) mass is 505 g/mol. The second-order valence-corrected chi connectivity index (χ2v) is 9.10. The third-order valence-corrected chi connectivity index (χ3v) is 5.50. The summed E-state index contributed by atoms with van der Waals surface area (Å²) in [5.74, 6) is -2.90. The fraction of sp³-hybridized carbons (Fsp3) is 0.400. The van der Waals surface area contributed by atoms with E-state index in [-0.39, 0.29) is 29.9 Å². The minimum Gasteiger partial charge on any atom is -0.491 e. The Morgan fingerprint density at radius 1 is 1.03 bits per heavy atom. The number of carboxylic acids is 1. The lowest BCUT2D eigenvalue weighted by molar-refractivity contribution is -0.145. The van der Waals surface area contributed by atoms with Crippen molar-refractivity contribution < 1.29 is 29.3 Å². The summed E-state index contributed by atoms with van der Waals surface area (Å²) in [7, 11) is 0. The number of nitrogens with one attached hydrogen (secondary N) is 2. The van der Waals surface area contributed by atoms with Crippen LogP contribution in [0.3, 0.4) is 0 Å². The van der Waals surface area contributed by atoms with Gasteiger partial charge in [0.2, 0.25) is 5.91 Å². The third kappa shape index (κ3) is 8.54. The number of carbonyl (C=O) groups is 3. The van der Waals surface area contributed by atoms with Crippen LogP contribution in [0.4, 0.5) is 0 Å². The summed E-state index contributed by atoms with van der Waals surface area (Å²) in [6.45, 7) is 4.78. The molecule has 0 spiro atoms. The first-order valence-corrected chi connectivity index (χ1v) is 11.6. The molecule has 0 radical (unpaired) electrons. The van der Waals surface area contributed by atoms with E-state index < -0.39 is 36.0 Å². The van der Waals surface area contributed by atoms with E-state index in [0.29, 0.717) is 11.4 Å². The Morgan fingerprint density at radius 3 is 2.26 bits per heavy atom. The Morgan fingerprint density at radius 2 is 1.69 bits per heavy atom. The van der Waals surface area contributed by atoms with Gasteiger partial charge in [0, 0.05) is 11.1 Å². The van der Waals surface area contributed by atoms with Crippen molar-refractivity contribution in [2.45, 2.75) is 51.4 Å². The molecule has 2 aromatic carbocycles. The SMILES string of the molecule is CC(C)[C@H](NC(=O)c1cc(Cl)ccc1OC[C@H](N)Cc1ccccc1)C(=O)N[C@H](C(=O)O)[C@@H](C)O. The Bertz CT molecular complexity index is 1020. The maximum atomic E-state index is 13.1. The number of hydrogen-bond acceptors (Lipinski definition) is 6. The van der Waals surface area contributed by atoms with Crippen LogP contribution in [-0.2, 0) is 16.0 Å². The first-order valence-electron chi connectivity index (χ1n) is 11.2. The van der Waals surface area contributed by atoms with Crippen LogP contribution in [0.5, 0.6) is 5.75 Å². The molecular weight excluding hydrogens is 474 g/mol. The largest absolute Gasteiger partial charge is 0.491 e. The number of aliphatic hydroxyl groups is 1. The highest BCUT2D eigenvalue weighted by atomic mass is 35.5. The smallest absolute Gasteiger partial charge is 0.328 e. The molecule has 190 valence electrons. The van der Waals surface area contributed by atoms with Crippen molar-refractivity contribution >= 4 is 29.4 Å². The highest BCUT2D eigenvalue weighted by Crippen LogP contribution is 2.24. The summed E-state index contributed by atoms with van der Waals surface area (Å²) in [5, 5.41) is 24.1. The molecule has 0 aromatic heterocycles. The lowest BCUT2D eigenvalue weighted by atomic mass is 10.0. The van der Waals surface area contributed by atoms with Crippen LogP contribution in [0.15, 0.2) is 48.5 Å². The molecule has 0 bridgehead atoms. The van der Waals surface area contributed by atoms with Crippen molar-refractivity contribution in [1.29, 1.82) is 0 Å². The Balaban J connectivity index is 2.13. The highest BCUT2D eigenvalue weighted by molar-refractivity contribution is 6.31. The number of hydrogen-bond donors (Lipinski definition) is 5. The molecule has 0 unspecified atom stereocenters. The number of aliphatic hydroxyl groups excluding tert-OH is 1. The molecule has 4 atom stereocenters. The van der Waals surface area contributed by atoms with Crippen molar-refractivity contribution in [3.63, 3.8) is 0 Å². The molecule has 35 heavy (non-hydrogen) atoms. The topological polar surface area (TPSA) is 151 Å². The van der Waals surface area contributed by atoms with Gasteiger partial charge in [0.05, 0.1) is 11.7 Å². The molecular formula is C25H32ClN3O6. The van der Waals surface area contributed by atoms with Gasteiger partial charge in [0.15, 0.2) is 6.04 Å². The molecule has 0 aliphatic rings. The third-order valence-electron chi connectivity index (χ3n) is 5.26. The number of rotatable bonds is 12. The van der Waals surface area contributed by atoms with Gasteiger partial charge in [-0.05, 0) is 43.0 Å². The first kappa shape index (κ1) is 28.1. The molecule has 0 heterocycles. The Hall–Kier alpha value is -3.14. The number of carbonyl (C=O) groups excluding carboxylic acids is 2. The molecule has 0 aliphatic heterocycles. The quantitative estimate of drug-likeness (QED) is 0.296. The van der Waals surface area contributed by atoms with Gasteiger partial charge in [0.25, 0.3) is 5.91 Å². The van der Waals surface area contributed by atoms with Gasteiger partial charge in [-0.2, -0.15) is 0 Å². The summed E-state index contributed by atoms with van der Waals surface area (Å²) < 4.78 is 5.82. The van der Waals surface area contributed by atoms with Crippen LogP contribution in [0.1, 0.15) is 36.7 Å². The Kier molecular flexibility index (Phi) is 10.5. The molecule has 9 nitrogen and oxygen atoms in total. The van der Waals surface area contributed by atoms with Crippen molar-refractivity contribution in [2.24, 2.45) is 11.7 Å². The molecule has 10 heteroatoms. The van der Waals surface area contributed by atoms with Crippen LogP contribution in [-0.4, -0.2) is 58.8 Å². The van der Waals surface area contributed by atoms with E-state index in [1.54, 1.807) is 26.0 Å². The minimum atomic E-state index is -1.52. The molecule has 2 rings (SSSR count). The van der Waals surface area contributed by atoms with Crippen molar-refractivity contribution in [3.8, 4) is 5.75 Å². The van der Waals surface area contributed by atoms with Gasteiger partial charge in [-0.25, -0.2) is 4.79 Å². The average Bonchev–Trinajstić information content (AvgIpc) is 2.79. The van der Waals surface area contributed by atoms with Crippen LogP contribution in [0, 0.1) is 5.92 Å². The van der Waals surface area contributed by atoms with Gasteiger partial charge in [-0.1, -0.05) is 55.8 Å². The van der Waals surface area contributed by atoms with Crippen LogP contribution in [0.2, 0.25) is 5.02 Å². The fourth-order valence-corrected chi connectivity index (χ4v) is 3.54. The normalized spacial score (nSPS) is 14.5. The van der Waals surface area contributed by atoms with Crippen LogP contribution < -0.4 is 21.1 Å². The summed E-state index contributed by atoms with van der Waals surface area (Å²) >= 11 is 6.10. The minimum absolute atomic E-state index is 0.105. The lowest BCUT2D eigenvalue weighted by Gasteiger charge is -2.25. The Labute approximate surface area is 209 Å². The number of carboxylic acid groups (broad SMARTS) is 1. The highest BCUT2D eigenvalue weighted by Gasteiger charge is 2.31. The second-order valence-electron chi connectivity index (χ2n) is 8.66. The van der Waals surface area contributed by atoms with Gasteiger partial charge in [-0.15, -0.1) is 0 Å². The van der Waals surface area contributed by atoms with Gasteiger partial charge >= 0.3 is 5.97 Å². The van der Waals surface area contributed by atoms with E-state index in [1.807, 2.05) is 30.3 Å². The predicted molar refractivity (Wildman–Crippen MR) is 132 cm³/mol. The second kappa shape index (κ2) is 13.1. The van der Waals surface area contributed by atoms with E-state index in [0.717, 1.165) is 5.56 Å². The van der Waals surface area contributed by atoms with Gasteiger partial charge in [0.1, 0.15) is 18.4 Å². The molecule has 0 aliphatic carbocycles. The summed E-state index contributed by atoms with van der Waals surface area (Å²) in [4.78, 5) is 37.2. The van der Waals surface area contributed by atoms with Crippen molar-refractivity contribution in [2.75, 3.05) is 6.61 Å². The van der Waals surface area contributed by atoms with E-state index in [1.165, 1.54) is 13.0 Å². The summed E-state index contributed by atoms with van der Waals surface area (Å²) in [6, 6.07) is 11.3. The van der Waals surface area contributed by atoms with E-state index in [2.05, 4.69) is 10.6 Å². The van der Waals surface area contributed by atoms with Crippen molar-refractivity contribution in [3.05, 3.63) is 64.7 Å². The molecule has 0 saturated heterocycles. The van der Waals surface area contributed by atoms with Crippen LogP contribution >= 0.6 is 11.6 Å². The molecule has 6 N–H and O–H groups in total. The maximum Gasteiger partial charge on any atom is 0.328 e. The zero-order valence-corrected chi connectivity index (χ0v) is 20.7. The summed E-state index contributed by atoms with van der Waals surface area (Å²) in [5.41, 5.74) is 7.35. The predicted octanol–water partition coefficient (Wildman–Crippen LogP) is 1.99. The molecule has 2 aromatic rings. The molecule has 0 saturated carbocycles. The summed E-state index contributed by atoms with van der Waals surface area (Å²) in [6.07, 6.45) is -0.743. The van der Waals surface area contributed by atoms with Crippen LogP contribution in [0.25, 0.3) is 0 Å². The number of amides is 2. The van der Waals surface area contributed by atoms with Gasteiger partial charge < -0.3 is 31.3 Å². The van der Waals surface area contributed by atoms with E-state index in [9.17, 15) is 24.6 Å². The van der Waals surface area contributed by atoms with Gasteiger partial charge in [-0.3, -0.25) is 9.59 Å².